The Morgan fingerprint density at radius 2 is 1.72 bits per heavy atom. The largest absolute Gasteiger partial charge is 0.469 e. The fraction of sp³-hybridized carbons (Fsp3) is 0.933. The van der Waals surface area contributed by atoms with Crippen LogP contribution in [0.5, 0.6) is 0 Å². The van der Waals surface area contributed by atoms with E-state index in [0.29, 0.717) is 53.0 Å². The Hall–Kier alpha value is -1.14. The topological polar surface area (TPSA) is 72.8 Å². The Morgan fingerprint density at radius 1 is 1.00 bits per heavy atom. The van der Waals surface area contributed by atoms with Crippen LogP contribution in [0.2, 0.25) is 0 Å². The smallest absolute Gasteiger partial charge is 0.362 e. The molecule has 0 unspecified atom stereocenters. The summed E-state index contributed by atoms with van der Waals surface area (Å²) in [6.07, 6.45) is 9.81. The first-order chi connectivity index (χ1) is 16.8. The van der Waals surface area contributed by atoms with Crippen LogP contribution in [-0.2, 0) is 19.1 Å². The van der Waals surface area contributed by atoms with Gasteiger partial charge < -0.3 is 19.1 Å². The van der Waals surface area contributed by atoms with Crippen LogP contribution in [0, 0.1) is 46.3 Å². The third kappa shape index (κ3) is 5.10. The number of nitrogens with zero attached hydrogens (tertiary/aromatic N) is 1. The summed E-state index contributed by atoms with van der Waals surface area (Å²) in [5.74, 6) is 3.03. The first kappa shape index (κ1) is 27.9. The van der Waals surface area contributed by atoms with Crippen LogP contribution in [0.1, 0.15) is 85.0 Å². The quantitative estimate of drug-likeness (QED) is 0.396. The number of aliphatic hydroxyl groups is 1. The summed E-state index contributed by atoms with van der Waals surface area (Å²) in [7, 11) is 7.53. The van der Waals surface area contributed by atoms with Crippen molar-refractivity contribution in [3.8, 4) is 0 Å². The number of carbonyl (C=O) groups excluding carboxylic acids is 2. The minimum atomic E-state index is -0.285. The van der Waals surface area contributed by atoms with Crippen molar-refractivity contribution in [1.82, 2.24) is 0 Å². The van der Waals surface area contributed by atoms with Gasteiger partial charge in [0.1, 0.15) is 6.10 Å². The normalized spacial score (nSPS) is 43.1. The highest BCUT2D eigenvalue weighted by atomic mass is 16.5. The van der Waals surface area contributed by atoms with Crippen molar-refractivity contribution in [2.75, 3.05) is 34.8 Å². The van der Waals surface area contributed by atoms with Gasteiger partial charge in [0, 0.05) is 6.42 Å². The minimum absolute atomic E-state index is 0.0453. The fourth-order valence-corrected chi connectivity index (χ4v) is 9.51. The van der Waals surface area contributed by atoms with Gasteiger partial charge in [0.2, 0.25) is 0 Å². The number of carbonyl (C=O) groups is 2. The van der Waals surface area contributed by atoms with Gasteiger partial charge in [0.05, 0.1) is 34.4 Å². The zero-order chi connectivity index (χ0) is 26.5. The molecule has 0 spiro atoms. The molecule has 0 aromatic carbocycles. The molecule has 4 aliphatic carbocycles. The van der Waals surface area contributed by atoms with Crippen molar-refractivity contribution >= 4 is 11.9 Å². The van der Waals surface area contributed by atoms with Gasteiger partial charge >= 0.3 is 11.9 Å². The van der Waals surface area contributed by atoms with E-state index in [0.717, 1.165) is 38.5 Å². The van der Waals surface area contributed by atoms with E-state index < -0.39 is 0 Å². The molecule has 0 saturated heterocycles. The average molecular weight is 507 g/mol. The Bertz CT molecular complexity index is 823. The number of ether oxygens (including phenoxy) is 2. The zero-order valence-electron chi connectivity index (χ0n) is 23.9. The standard InChI is InChI=1S/C30H52NO5/c1-19(8-13-27(33)35-7)23-11-12-24-22-10-9-20-16-21(36-28(34)18-31(4,5)6)14-15-29(20,2)25(22)17-26(32)30(23,24)3/h19-26,32H,8-18H2,1-7H3/q+1/t19-,20-,21-,22+,23-,24+,25+,26+,29+,30-/m1/s1. The lowest BCUT2D eigenvalue weighted by Crippen LogP contribution is -2.59. The third-order valence-electron chi connectivity index (χ3n) is 11.4. The molecule has 36 heavy (non-hydrogen) atoms. The number of quaternary nitrogens is 1. The van der Waals surface area contributed by atoms with Crippen LogP contribution in [0.15, 0.2) is 0 Å². The Labute approximate surface area is 219 Å². The first-order valence-corrected chi connectivity index (χ1v) is 14.5. The molecule has 0 aliphatic heterocycles. The van der Waals surface area contributed by atoms with Crippen LogP contribution in [0.25, 0.3) is 0 Å². The lowest BCUT2D eigenvalue weighted by atomic mass is 9.43. The lowest BCUT2D eigenvalue weighted by Gasteiger charge is -2.62. The van der Waals surface area contributed by atoms with Crippen LogP contribution in [-0.4, -0.2) is 68.5 Å². The highest BCUT2D eigenvalue weighted by Gasteiger charge is 2.63. The summed E-state index contributed by atoms with van der Waals surface area (Å²) in [6.45, 7) is 7.54. The molecule has 0 radical (unpaired) electrons. The van der Waals surface area contributed by atoms with Crippen molar-refractivity contribution in [1.29, 1.82) is 0 Å². The molecule has 1 N–H and O–H groups in total. The average Bonchev–Trinajstić information content (AvgIpc) is 3.15. The predicted octanol–water partition coefficient (Wildman–Crippen LogP) is 4.82. The third-order valence-corrected chi connectivity index (χ3v) is 11.4. The number of likely N-dealkylation sites (N-methyl/N-ethyl adjacent to an activating group) is 1. The van der Waals surface area contributed by atoms with E-state index in [4.69, 9.17) is 9.47 Å². The van der Waals surface area contributed by atoms with Gasteiger partial charge in [0.15, 0.2) is 6.54 Å². The van der Waals surface area contributed by atoms with E-state index in [1.54, 1.807) is 0 Å². The second-order valence-electron chi connectivity index (χ2n) is 14.4. The maximum absolute atomic E-state index is 12.5. The molecular weight excluding hydrogens is 454 g/mol. The van der Waals surface area contributed by atoms with E-state index in [1.807, 2.05) is 21.1 Å². The first-order valence-electron chi connectivity index (χ1n) is 14.5. The van der Waals surface area contributed by atoms with Gasteiger partial charge in [-0.25, -0.2) is 4.79 Å². The van der Waals surface area contributed by atoms with Crippen LogP contribution >= 0.6 is 0 Å². The minimum Gasteiger partial charge on any atom is -0.469 e. The molecule has 0 heterocycles. The molecule has 0 aromatic rings. The molecule has 4 saturated carbocycles. The highest BCUT2D eigenvalue weighted by Crippen LogP contribution is 2.68. The maximum atomic E-state index is 12.5. The number of methoxy groups -OCH3 is 1. The molecular formula is C30H52NO5+. The fourth-order valence-electron chi connectivity index (χ4n) is 9.51. The molecule has 4 rings (SSSR count). The van der Waals surface area contributed by atoms with E-state index in [1.165, 1.54) is 26.4 Å². The summed E-state index contributed by atoms with van der Waals surface area (Å²) in [5, 5.41) is 11.7. The number of esters is 2. The Morgan fingerprint density at radius 3 is 2.39 bits per heavy atom. The summed E-state index contributed by atoms with van der Waals surface area (Å²) in [4.78, 5) is 24.2. The number of aliphatic hydroxyl groups excluding tert-OH is 1. The van der Waals surface area contributed by atoms with E-state index >= 15 is 0 Å². The van der Waals surface area contributed by atoms with Gasteiger partial charge in [-0.3, -0.25) is 4.79 Å². The van der Waals surface area contributed by atoms with Crippen molar-refractivity contribution < 1.29 is 28.7 Å². The van der Waals surface area contributed by atoms with Crippen molar-refractivity contribution in [2.24, 2.45) is 46.3 Å². The second kappa shape index (κ2) is 10.2. The van der Waals surface area contributed by atoms with Gasteiger partial charge in [-0.1, -0.05) is 20.8 Å². The van der Waals surface area contributed by atoms with Gasteiger partial charge in [-0.15, -0.1) is 0 Å². The van der Waals surface area contributed by atoms with Gasteiger partial charge in [-0.2, -0.15) is 0 Å². The second-order valence-corrected chi connectivity index (χ2v) is 14.4. The number of rotatable bonds is 7. The summed E-state index contributed by atoms with van der Waals surface area (Å²) >= 11 is 0. The van der Waals surface area contributed by atoms with Crippen LogP contribution in [0.4, 0.5) is 0 Å². The monoisotopic (exact) mass is 506 g/mol. The molecule has 6 nitrogen and oxygen atoms in total. The summed E-state index contributed by atoms with van der Waals surface area (Å²) in [5.41, 5.74) is 0.167. The number of hydrogen-bond acceptors (Lipinski definition) is 5. The number of hydrogen-bond donors (Lipinski definition) is 1. The van der Waals surface area contributed by atoms with E-state index in [2.05, 4.69) is 20.8 Å². The SMILES string of the molecule is COC(=O)CC[C@@H](C)[C@H]1CC[C@H]2[C@@H]3CC[C@@H]4C[C@H](OC(=O)C[N+](C)(C)C)CC[C@]4(C)[C@H]3C[C@H](O)[C@]12C. The molecule has 4 fully saturated rings. The molecule has 6 heteroatoms. The maximum Gasteiger partial charge on any atom is 0.362 e. The Kier molecular flexibility index (Phi) is 7.90. The summed E-state index contributed by atoms with van der Waals surface area (Å²) < 4.78 is 11.4. The van der Waals surface area contributed by atoms with Crippen LogP contribution < -0.4 is 0 Å². The molecule has 206 valence electrons. The van der Waals surface area contributed by atoms with Crippen molar-refractivity contribution in [2.45, 2.75) is 97.2 Å². The highest BCUT2D eigenvalue weighted by molar-refractivity contribution is 5.70. The predicted molar refractivity (Wildman–Crippen MR) is 140 cm³/mol. The molecule has 4 aliphatic rings. The van der Waals surface area contributed by atoms with E-state index in [9.17, 15) is 14.7 Å². The van der Waals surface area contributed by atoms with Gasteiger partial charge in [0.25, 0.3) is 0 Å². The number of fused-ring (bicyclic) bond motifs is 5. The molecule has 0 aromatic heterocycles. The molecule has 0 amide bonds. The summed E-state index contributed by atoms with van der Waals surface area (Å²) in [6, 6.07) is 0. The van der Waals surface area contributed by atoms with Gasteiger partial charge in [-0.05, 0) is 104 Å². The van der Waals surface area contributed by atoms with E-state index in [-0.39, 0.29) is 35.0 Å². The van der Waals surface area contributed by atoms with Crippen molar-refractivity contribution in [3.63, 3.8) is 0 Å². The molecule has 10 atom stereocenters. The van der Waals surface area contributed by atoms with Crippen molar-refractivity contribution in [3.05, 3.63) is 0 Å². The lowest BCUT2D eigenvalue weighted by molar-refractivity contribution is -0.862. The Balaban J connectivity index is 1.44. The van der Waals surface area contributed by atoms with Crippen LogP contribution in [0.3, 0.4) is 0 Å². The zero-order valence-corrected chi connectivity index (χ0v) is 23.9. The molecule has 0 bridgehead atoms.